The van der Waals surface area contributed by atoms with Crippen LogP contribution in [0.4, 0.5) is 0 Å². The first-order valence-electron chi connectivity index (χ1n) is 9.83. The van der Waals surface area contributed by atoms with Gasteiger partial charge in [-0.1, -0.05) is 41.9 Å². The van der Waals surface area contributed by atoms with E-state index in [1.165, 1.54) is 6.07 Å². The molecule has 33 heavy (non-hydrogen) atoms. The second kappa shape index (κ2) is 10.2. The third-order valence-electron chi connectivity index (χ3n) is 4.79. The van der Waals surface area contributed by atoms with Gasteiger partial charge in [-0.15, -0.1) is 0 Å². The van der Waals surface area contributed by atoms with Crippen molar-refractivity contribution in [1.82, 2.24) is 9.55 Å². The summed E-state index contributed by atoms with van der Waals surface area (Å²) in [5.41, 5.74) is 3.46. The molecule has 0 saturated heterocycles. The summed E-state index contributed by atoms with van der Waals surface area (Å²) in [6.07, 6.45) is -0.247. The number of rotatable bonds is 4. The maximum Gasteiger partial charge on any atom is 0.303 e. The topological polar surface area (TPSA) is 142 Å². The number of benzene rings is 2. The van der Waals surface area contributed by atoms with Gasteiger partial charge in [0.15, 0.2) is 5.82 Å². The standard InChI is InChI=1S/C19H14ClN3O2.C4H6O4/c1-11-13(20)7-8-14-16(11)17(12-5-3-2-4-6-12)22-19(25)18-21-15(24)9-10-23(14)18;5-3(6)1-2-4(7)8/h2-10,19,25H,1H3;1-2H2,(H,5,6)(H,7,8). The number of hydrogen-bond acceptors (Lipinski definition) is 6. The number of aliphatic hydroxyl groups is 1. The number of aliphatic carboxylic acids is 2. The van der Waals surface area contributed by atoms with Gasteiger partial charge in [-0.05, 0) is 24.6 Å². The lowest BCUT2D eigenvalue weighted by atomic mass is 9.96. The maximum absolute atomic E-state index is 11.7. The highest BCUT2D eigenvalue weighted by molar-refractivity contribution is 6.32. The summed E-state index contributed by atoms with van der Waals surface area (Å²) in [5, 5.41) is 27.0. The van der Waals surface area contributed by atoms with Crippen LogP contribution in [0.15, 0.2) is 64.5 Å². The van der Waals surface area contributed by atoms with Gasteiger partial charge >= 0.3 is 11.9 Å². The molecule has 1 atom stereocenters. The van der Waals surface area contributed by atoms with Crippen LogP contribution >= 0.6 is 11.6 Å². The van der Waals surface area contributed by atoms with Crippen LogP contribution < -0.4 is 5.56 Å². The highest BCUT2D eigenvalue weighted by Crippen LogP contribution is 2.32. The largest absolute Gasteiger partial charge is 0.481 e. The summed E-state index contributed by atoms with van der Waals surface area (Å²) in [5.74, 6) is -1.97. The van der Waals surface area contributed by atoms with Gasteiger partial charge in [0.25, 0.3) is 5.56 Å². The summed E-state index contributed by atoms with van der Waals surface area (Å²) in [7, 11) is 0. The third-order valence-corrected chi connectivity index (χ3v) is 5.20. The summed E-state index contributed by atoms with van der Waals surface area (Å²) in [4.78, 5) is 39.4. The normalized spacial score (nSPS) is 14.0. The molecule has 0 fully saturated rings. The first kappa shape index (κ1) is 23.8. The molecule has 1 aliphatic heterocycles. The summed E-state index contributed by atoms with van der Waals surface area (Å²) in [6.45, 7) is 1.91. The minimum Gasteiger partial charge on any atom is -0.481 e. The van der Waals surface area contributed by atoms with Gasteiger partial charge in [0, 0.05) is 28.4 Å². The van der Waals surface area contributed by atoms with E-state index in [0.717, 1.165) is 22.4 Å². The highest BCUT2D eigenvalue weighted by Gasteiger charge is 2.26. The Balaban J connectivity index is 0.000000331. The van der Waals surface area contributed by atoms with E-state index in [4.69, 9.17) is 21.8 Å². The number of aliphatic hydroxyl groups excluding tert-OH is 1. The molecular weight excluding hydrogens is 450 g/mol. The number of carboxylic acids is 2. The van der Waals surface area contributed by atoms with Crippen LogP contribution in [-0.4, -0.2) is 42.5 Å². The van der Waals surface area contributed by atoms with E-state index in [1.807, 2.05) is 43.3 Å². The molecule has 2 heterocycles. The third kappa shape index (κ3) is 5.51. The second-order valence-corrected chi connectivity index (χ2v) is 7.47. The molecule has 170 valence electrons. The van der Waals surface area contributed by atoms with Crippen LogP contribution in [0.25, 0.3) is 5.69 Å². The Labute approximate surface area is 193 Å². The van der Waals surface area contributed by atoms with E-state index in [2.05, 4.69) is 9.98 Å². The zero-order valence-corrected chi connectivity index (χ0v) is 18.2. The Bertz CT molecular complexity index is 1270. The SMILES string of the molecule is Cc1c(Cl)ccc2c1C(c1ccccc1)=NC(O)c1nc(=O)ccn1-2.O=C(O)CCC(=O)O. The zero-order valence-electron chi connectivity index (χ0n) is 17.5. The number of nitrogens with zero attached hydrogens (tertiary/aromatic N) is 3. The number of carbonyl (C=O) groups is 2. The van der Waals surface area contributed by atoms with E-state index in [1.54, 1.807) is 16.8 Å². The van der Waals surface area contributed by atoms with Crippen molar-refractivity contribution in [3.8, 4) is 5.69 Å². The highest BCUT2D eigenvalue weighted by atomic mass is 35.5. The Morgan fingerprint density at radius 1 is 1.03 bits per heavy atom. The number of carboxylic acid groups (broad SMARTS) is 2. The predicted octanol–water partition coefficient (Wildman–Crippen LogP) is 2.97. The number of aliphatic imine (C=N–C) groups is 1. The average Bonchev–Trinajstić information content (AvgIpc) is 2.91. The van der Waals surface area contributed by atoms with Crippen molar-refractivity contribution >= 4 is 29.3 Å². The second-order valence-electron chi connectivity index (χ2n) is 7.07. The molecule has 0 bridgehead atoms. The lowest BCUT2D eigenvalue weighted by molar-refractivity contribution is -0.143. The summed E-state index contributed by atoms with van der Waals surface area (Å²) >= 11 is 6.35. The van der Waals surface area contributed by atoms with Gasteiger partial charge in [-0.2, -0.15) is 4.98 Å². The fourth-order valence-electron chi connectivity index (χ4n) is 3.25. The van der Waals surface area contributed by atoms with E-state index in [-0.39, 0.29) is 18.7 Å². The predicted molar refractivity (Wildman–Crippen MR) is 121 cm³/mol. The molecule has 0 aliphatic carbocycles. The smallest absolute Gasteiger partial charge is 0.303 e. The van der Waals surface area contributed by atoms with Crippen LogP contribution in [0.1, 0.15) is 41.6 Å². The first-order valence-corrected chi connectivity index (χ1v) is 10.2. The number of aromatic nitrogens is 2. The molecule has 10 heteroatoms. The summed E-state index contributed by atoms with van der Waals surface area (Å²) in [6, 6.07) is 14.6. The molecule has 4 rings (SSSR count). The molecule has 0 spiro atoms. The van der Waals surface area contributed by atoms with Gasteiger partial charge in [0.1, 0.15) is 0 Å². The van der Waals surface area contributed by atoms with Crippen molar-refractivity contribution in [2.75, 3.05) is 0 Å². The lowest BCUT2D eigenvalue weighted by Gasteiger charge is -2.16. The minimum atomic E-state index is -1.25. The molecule has 2 aromatic carbocycles. The zero-order chi connectivity index (χ0) is 24.1. The van der Waals surface area contributed by atoms with Crippen molar-refractivity contribution in [2.24, 2.45) is 4.99 Å². The lowest BCUT2D eigenvalue weighted by Crippen LogP contribution is -2.17. The fraction of sp³-hybridized carbons (Fsp3) is 0.174. The minimum absolute atomic E-state index is 0.182. The van der Waals surface area contributed by atoms with Crippen LogP contribution in [0.3, 0.4) is 0 Å². The van der Waals surface area contributed by atoms with E-state index >= 15 is 0 Å². The molecule has 0 saturated carbocycles. The van der Waals surface area contributed by atoms with Crippen LogP contribution in [0.5, 0.6) is 0 Å². The van der Waals surface area contributed by atoms with Crippen molar-refractivity contribution in [2.45, 2.75) is 26.0 Å². The molecule has 0 radical (unpaired) electrons. The molecule has 9 nitrogen and oxygen atoms in total. The molecule has 0 amide bonds. The Kier molecular flexibility index (Phi) is 7.37. The average molecular weight is 470 g/mol. The van der Waals surface area contributed by atoms with Crippen molar-refractivity contribution < 1.29 is 24.9 Å². The van der Waals surface area contributed by atoms with E-state index in [0.29, 0.717) is 10.7 Å². The molecule has 1 aliphatic rings. The van der Waals surface area contributed by atoms with Crippen LogP contribution in [0.2, 0.25) is 5.02 Å². The van der Waals surface area contributed by atoms with Gasteiger partial charge in [0.2, 0.25) is 6.23 Å². The van der Waals surface area contributed by atoms with Crippen LogP contribution in [0, 0.1) is 6.92 Å². The van der Waals surface area contributed by atoms with Gasteiger partial charge in [0.05, 0.1) is 24.2 Å². The van der Waals surface area contributed by atoms with Gasteiger partial charge < -0.3 is 19.9 Å². The van der Waals surface area contributed by atoms with Crippen molar-refractivity contribution in [3.05, 3.63) is 92.6 Å². The Hall–Kier alpha value is -3.82. The van der Waals surface area contributed by atoms with Crippen LogP contribution in [-0.2, 0) is 9.59 Å². The Morgan fingerprint density at radius 2 is 1.67 bits per heavy atom. The molecular formula is C23H20ClN3O6. The maximum atomic E-state index is 11.7. The monoisotopic (exact) mass is 469 g/mol. The van der Waals surface area contributed by atoms with E-state index in [9.17, 15) is 19.5 Å². The Morgan fingerprint density at radius 3 is 2.27 bits per heavy atom. The molecule has 3 N–H and O–H groups in total. The number of fused-ring (bicyclic) bond motifs is 3. The molecule has 1 unspecified atom stereocenters. The first-order chi connectivity index (χ1) is 15.7. The molecule has 1 aromatic heterocycles. The molecule has 3 aromatic rings. The summed E-state index contributed by atoms with van der Waals surface area (Å²) < 4.78 is 1.68. The van der Waals surface area contributed by atoms with Gasteiger partial charge in [-0.25, -0.2) is 4.99 Å². The van der Waals surface area contributed by atoms with Crippen molar-refractivity contribution in [3.63, 3.8) is 0 Å². The fourth-order valence-corrected chi connectivity index (χ4v) is 3.41. The number of halogens is 1. The number of hydrogen-bond donors (Lipinski definition) is 3. The van der Waals surface area contributed by atoms with E-state index < -0.39 is 23.7 Å². The van der Waals surface area contributed by atoms with Gasteiger partial charge in [-0.3, -0.25) is 14.4 Å². The van der Waals surface area contributed by atoms with Crippen molar-refractivity contribution in [1.29, 1.82) is 0 Å². The quantitative estimate of drug-likeness (QED) is 0.533.